The van der Waals surface area contributed by atoms with Crippen molar-refractivity contribution in [1.82, 2.24) is 0 Å². The molecule has 0 saturated carbocycles. The lowest BCUT2D eigenvalue weighted by molar-refractivity contribution is 0.305. The van der Waals surface area contributed by atoms with Crippen molar-refractivity contribution >= 4 is 0 Å². The van der Waals surface area contributed by atoms with E-state index >= 15 is 0 Å². The molecule has 0 N–H and O–H groups in total. The zero-order chi connectivity index (χ0) is 8.55. The Labute approximate surface area is 75.4 Å². The Morgan fingerprint density at radius 1 is 1.33 bits per heavy atom. The normalized spacial score (nSPS) is 40.5. The Morgan fingerprint density at radius 3 is 3.00 bits per heavy atom. The van der Waals surface area contributed by atoms with Gasteiger partial charge in [-0.3, -0.25) is 0 Å². The van der Waals surface area contributed by atoms with Crippen LogP contribution in [0.25, 0.3) is 0 Å². The van der Waals surface area contributed by atoms with Gasteiger partial charge in [0.2, 0.25) is 0 Å². The number of rotatable bonds is 0. The van der Waals surface area contributed by atoms with Crippen molar-refractivity contribution < 1.29 is 0 Å². The van der Waals surface area contributed by atoms with E-state index in [1.807, 2.05) is 0 Å². The van der Waals surface area contributed by atoms with Gasteiger partial charge in [0, 0.05) is 0 Å². The second-order valence-corrected chi connectivity index (χ2v) is 4.51. The molecular formula is C12H18. The summed E-state index contributed by atoms with van der Waals surface area (Å²) >= 11 is 0. The van der Waals surface area contributed by atoms with Crippen molar-refractivity contribution in [3.8, 4) is 0 Å². The third kappa shape index (κ3) is 1.48. The third-order valence-corrected chi connectivity index (χ3v) is 3.29. The molecule has 2 aliphatic rings. The molecule has 12 heavy (non-hydrogen) atoms. The Bertz CT molecular complexity index is 222. The van der Waals surface area contributed by atoms with Gasteiger partial charge in [-0.05, 0) is 43.9 Å². The van der Waals surface area contributed by atoms with Crippen molar-refractivity contribution in [3.63, 3.8) is 0 Å². The molecule has 0 nitrogen and oxygen atoms in total. The number of allylic oxidation sites excluding steroid dienone is 4. The van der Waals surface area contributed by atoms with Crippen molar-refractivity contribution in [3.05, 3.63) is 23.8 Å². The van der Waals surface area contributed by atoms with E-state index in [0.29, 0.717) is 0 Å². The lowest BCUT2D eigenvalue weighted by Gasteiger charge is -2.33. The molecule has 3 atom stereocenters. The highest BCUT2D eigenvalue weighted by molar-refractivity contribution is 5.13. The third-order valence-electron chi connectivity index (χ3n) is 3.29. The molecule has 0 heteroatoms. The predicted molar refractivity (Wildman–Crippen MR) is 52.9 cm³/mol. The average molecular weight is 162 g/mol. The van der Waals surface area contributed by atoms with E-state index in [9.17, 15) is 0 Å². The average Bonchev–Trinajstić information content (AvgIpc) is 2.05. The van der Waals surface area contributed by atoms with Gasteiger partial charge < -0.3 is 0 Å². The standard InChI is InChI=1S/C12H18/c1-9-3-5-12-8-10(2)4-6-11(12)7-9/h3-5,9,11-12H,6-8H2,1-2H3. The molecule has 0 bridgehead atoms. The van der Waals surface area contributed by atoms with Gasteiger partial charge in [0.05, 0.1) is 0 Å². The summed E-state index contributed by atoms with van der Waals surface area (Å²) in [6.07, 6.45) is 11.3. The first-order chi connectivity index (χ1) is 5.75. The van der Waals surface area contributed by atoms with Crippen LogP contribution in [-0.4, -0.2) is 0 Å². The Balaban J connectivity index is 2.12. The minimum Gasteiger partial charge on any atom is -0.0854 e. The van der Waals surface area contributed by atoms with Gasteiger partial charge in [-0.1, -0.05) is 30.7 Å². The zero-order valence-electron chi connectivity index (χ0n) is 8.09. The lowest BCUT2D eigenvalue weighted by Crippen LogP contribution is -2.22. The summed E-state index contributed by atoms with van der Waals surface area (Å²) < 4.78 is 0. The van der Waals surface area contributed by atoms with Gasteiger partial charge in [0.15, 0.2) is 0 Å². The summed E-state index contributed by atoms with van der Waals surface area (Å²) in [4.78, 5) is 0. The minimum absolute atomic E-state index is 0.818. The van der Waals surface area contributed by atoms with Crippen LogP contribution in [0.3, 0.4) is 0 Å². The molecule has 0 heterocycles. The Kier molecular flexibility index (Phi) is 2.08. The van der Waals surface area contributed by atoms with E-state index in [1.165, 1.54) is 19.3 Å². The van der Waals surface area contributed by atoms with Gasteiger partial charge >= 0.3 is 0 Å². The summed E-state index contributed by atoms with van der Waals surface area (Å²) in [5.41, 5.74) is 1.59. The van der Waals surface area contributed by atoms with Crippen molar-refractivity contribution in [1.29, 1.82) is 0 Å². The number of hydrogen-bond acceptors (Lipinski definition) is 0. The van der Waals surface area contributed by atoms with E-state index in [4.69, 9.17) is 0 Å². The number of fused-ring (bicyclic) bond motifs is 1. The highest BCUT2D eigenvalue weighted by atomic mass is 14.3. The van der Waals surface area contributed by atoms with Crippen LogP contribution in [0, 0.1) is 17.8 Å². The van der Waals surface area contributed by atoms with Crippen LogP contribution in [0.15, 0.2) is 23.8 Å². The van der Waals surface area contributed by atoms with Crippen LogP contribution in [0.4, 0.5) is 0 Å². The molecule has 0 saturated heterocycles. The summed E-state index contributed by atoms with van der Waals surface area (Å²) in [6.45, 7) is 4.60. The smallest absolute Gasteiger partial charge is 0.0165 e. The van der Waals surface area contributed by atoms with Crippen molar-refractivity contribution in [2.24, 2.45) is 17.8 Å². The summed E-state index contributed by atoms with van der Waals surface area (Å²) in [5, 5.41) is 0. The van der Waals surface area contributed by atoms with Crippen LogP contribution >= 0.6 is 0 Å². The molecule has 0 aromatic rings. The summed E-state index contributed by atoms with van der Waals surface area (Å²) in [5.74, 6) is 2.64. The van der Waals surface area contributed by atoms with E-state index in [2.05, 4.69) is 32.1 Å². The minimum atomic E-state index is 0.818. The summed E-state index contributed by atoms with van der Waals surface area (Å²) in [7, 11) is 0. The van der Waals surface area contributed by atoms with Crippen LogP contribution in [0.2, 0.25) is 0 Å². The van der Waals surface area contributed by atoms with Crippen molar-refractivity contribution in [2.75, 3.05) is 0 Å². The molecule has 3 unspecified atom stereocenters. The fraction of sp³-hybridized carbons (Fsp3) is 0.667. The van der Waals surface area contributed by atoms with Crippen LogP contribution in [0.5, 0.6) is 0 Å². The maximum atomic E-state index is 2.45. The second kappa shape index (κ2) is 3.08. The topological polar surface area (TPSA) is 0 Å². The molecule has 0 aliphatic heterocycles. The first kappa shape index (κ1) is 8.10. The molecule has 0 fully saturated rings. The predicted octanol–water partition coefficient (Wildman–Crippen LogP) is 3.55. The maximum Gasteiger partial charge on any atom is -0.0165 e. The first-order valence-corrected chi connectivity index (χ1v) is 5.09. The monoisotopic (exact) mass is 162 g/mol. The molecular weight excluding hydrogens is 144 g/mol. The maximum absolute atomic E-state index is 2.45. The van der Waals surface area contributed by atoms with Gasteiger partial charge in [0.25, 0.3) is 0 Å². The number of hydrogen-bond donors (Lipinski definition) is 0. The molecule has 0 spiro atoms. The van der Waals surface area contributed by atoms with Gasteiger partial charge in [-0.25, -0.2) is 0 Å². The van der Waals surface area contributed by atoms with Crippen LogP contribution < -0.4 is 0 Å². The van der Waals surface area contributed by atoms with Crippen LogP contribution in [0.1, 0.15) is 33.1 Å². The van der Waals surface area contributed by atoms with E-state index in [0.717, 1.165) is 17.8 Å². The van der Waals surface area contributed by atoms with Crippen LogP contribution in [-0.2, 0) is 0 Å². The van der Waals surface area contributed by atoms with E-state index in [1.54, 1.807) is 5.57 Å². The highest BCUT2D eigenvalue weighted by Gasteiger charge is 2.26. The van der Waals surface area contributed by atoms with Gasteiger partial charge in [0.1, 0.15) is 0 Å². The molecule has 0 aromatic heterocycles. The summed E-state index contributed by atoms with van der Waals surface area (Å²) in [6, 6.07) is 0. The quantitative estimate of drug-likeness (QED) is 0.478. The molecule has 0 radical (unpaired) electrons. The van der Waals surface area contributed by atoms with Crippen molar-refractivity contribution in [2.45, 2.75) is 33.1 Å². The molecule has 2 rings (SSSR count). The molecule has 66 valence electrons. The zero-order valence-corrected chi connectivity index (χ0v) is 8.09. The van der Waals surface area contributed by atoms with Gasteiger partial charge in [-0.15, -0.1) is 0 Å². The van der Waals surface area contributed by atoms with E-state index in [-0.39, 0.29) is 0 Å². The Morgan fingerprint density at radius 2 is 2.17 bits per heavy atom. The fourth-order valence-electron chi connectivity index (χ4n) is 2.53. The van der Waals surface area contributed by atoms with Gasteiger partial charge in [-0.2, -0.15) is 0 Å². The largest absolute Gasteiger partial charge is 0.0854 e. The first-order valence-electron chi connectivity index (χ1n) is 5.09. The molecule has 0 aromatic carbocycles. The second-order valence-electron chi connectivity index (χ2n) is 4.51. The Hall–Kier alpha value is -0.520. The van der Waals surface area contributed by atoms with E-state index < -0.39 is 0 Å². The molecule has 2 aliphatic carbocycles. The lowest BCUT2D eigenvalue weighted by atomic mass is 9.72. The fourth-order valence-corrected chi connectivity index (χ4v) is 2.53. The molecule has 0 amide bonds. The highest BCUT2D eigenvalue weighted by Crippen LogP contribution is 2.38. The SMILES string of the molecule is CC1=CCC2CC(C)C=CC2C1.